The zero-order valence-corrected chi connectivity index (χ0v) is 8.95. The van der Waals surface area contributed by atoms with E-state index < -0.39 is 0 Å². The van der Waals surface area contributed by atoms with E-state index in [4.69, 9.17) is 0 Å². The van der Waals surface area contributed by atoms with Crippen molar-refractivity contribution in [1.82, 2.24) is 5.32 Å². The van der Waals surface area contributed by atoms with E-state index in [9.17, 15) is 4.79 Å². The van der Waals surface area contributed by atoms with Crippen molar-refractivity contribution < 1.29 is 4.79 Å². The molecule has 2 nitrogen and oxygen atoms in total. The second kappa shape index (κ2) is 3.52. The Morgan fingerprint density at radius 3 is 2.38 bits per heavy atom. The molecule has 1 amide bonds. The van der Waals surface area contributed by atoms with Crippen LogP contribution in [0.3, 0.4) is 0 Å². The Balaban J connectivity index is 1.87. The zero-order valence-electron chi connectivity index (χ0n) is 8.14. The van der Waals surface area contributed by atoms with Crippen molar-refractivity contribution in [3.63, 3.8) is 0 Å². The Labute approximate surface area is 83.8 Å². The van der Waals surface area contributed by atoms with E-state index in [-0.39, 0.29) is 4.75 Å². The van der Waals surface area contributed by atoms with Crippen molar-refractivity contribution in [2.75, 3.05) is 6.26 Å². The molecule has 2 fully saturated rings. The van der Waals surface area contributed by atoms with E-state index in [0.717, 1.165) is 12.8 Å². The fraction of sp³-hybridized carbons (Fsp3) is 0.900. The van der Waals surface area contributed by atoms with Crippen LogP contribution in [0, 0.1) is 0 Å². The Bertz CT molecular complexity index is 203. The van der Waals surface area contributed by atoms with Crippen LogP contribution in [0.1, 0.15) is 38.5 Å². The predicted molar refractivity (Wildman–Crippen MR) is 55.9 cm³/mol. The minimum Gasteiger partial charge on any atom is -0.352 e. The minimum absolute atomic E-state index is 0.0460. The molecular formula is C10H17NOS. The largest absolute Gasteiger partial charge is 0.352 e. The van der Waals surface area contributed by atoms with Gasteiger partial charge in [0.05, 0.1) is 4.75 Å². The summed E-state index contributed by atoms with van der Waals surface area (Å²) in [5, 5.41) is 3.15. The van der Waals surface area contributed by atoms with Crippen LogP contribution >= 0.6 is 11.8 Å². The van der Waals surface area contributed by atoms with Gasteiger partial charge in [-0.2, -0.15) is 0 Å². The molecule has 2 saturated carbocycles. The normalized spacial score (nSPS) is 25.9. The van der Waals surface area contributed by atoms with Crippen LogP contribution in [0.25, 0.3) is 0 Å². The molecule has 2 aliphatic carbocycles. The molecule has 0 atom stereocenters. The molecule has 0 aromatic rings. The molecule has 0 spiro atoms. The van der Waals surface area contributed by atoms with Crippen LogP contribution < -0.4 is 5.32 Å². The third-order valence-electron chi connectivity index (χ3n) is 3.41. The van der Waals surface area contributed by atoms with Gasteiger partial charge in [0, 0.05) is 6.04 Å². The molecule has 2 aliphatic rings. The number of nitrogens with one attached hydrogen (secondary N) is 1. The SMILES string of the molecule is CSC1(C(=O)NC2CCC2)CCC1. The lowest BCUT2D eigenvalue weighted by atomic mass is 9.82. The highest BCUT2D eigenvalue weighted by atomic mass is 32.2. The first kappa shape index (κ1) is 9.38. The molecule has 3 heteroatoms. The molecule has 74 valence electrons. The van der Waals surface area contributed by atoms with Crippen molar-refractivity contribution in [3.05, 3.63) is 0 Å². The molecule has 13 heavy (non-hydrogen) atoms. The van der Waals surface area contributed by atoms with Gasteiger partial charge < -0.3 is 5.32 Å². The van der Waals surface area contributed by atoms with Gasteiger partial charge >= 0.3 is 0 Å². The summed E-state index contributed by atoms with van der Waals surface area (Å²) in [7, 11) is 0. The summed E-state index contributed by atoms with van der Waals surface area (Å²) < 4.78 is -0.0460. The maximum absolute atomic E-state index is 11.8. The van der Waals surface area contributed by atoms with E-state index >= 15 is 0 Å². The maximum Gasteiger partial charge on any atom is 0.236 e. The standard InChI is InChI=1S/C10H17NOS/c1-13-10(6-3-7-10)9(12)11-8-4-2-5-8/h8H,2-7H2,1H3,(H,11,12). The quantitative estimate of drug-likeness (QED) is 0.752. The summed E-state index contributed by atoms with van der Waals surface area (Å²) in [6, 6.07) is 0.497. The Kier molecular flexibility index (Phi) is 2.54. The average molecular weight is 199 g/mol. The van der Waals surface area contributed by atoms with Crippen LogP contribution in [0.4, 0.5) is 0 Å². The predicted octanol–water partition coefficient (Wildman–Crippen LogP) is 1.94. The molecule has 0 aliphatic heterocycles. The third-order valence-corrected chi connectivity index (χ3v) is 4.78. The summed E-state index contributed by atoms with van der Waals surface area (Å²) in [5.41, 5.74) is 0. The topological polar surface area (TPSA) is 29.1 Å². The number of carbonyl (C=O) groups excluding carboxylic acids is 1. The van der Waals surface area contributed by atoms with Crippen molar-refractivity contribution >= 4 is 17.7 Å². The van der Waals surface area contributed by atoms with Gasteiger partial charge in [-0.1, -0.05) is 0 Å². The number of amides is 1. The molecular weight excluding hydrogens is 182 g/mol. The van der Waals surface area contributed by atoms with Gasteiger partial charge in [-0.05, 0) is 44.8 Å². The fourth-order valence-electron chi connectivity index (χ4n) is 1.89. The smallest absolute Gasteiger partial charge is 0.236 e. The monoisotopic (exact) mass is 199 g/mol. The van der Waals surface area contributed by atoms with Crippen molar-refractivity contribution in [2.45, 2.75) is 49.3 Å². The van der Waals surface area contributed by atoms with Crippen LogP contribution in [0.5, 0.6) is 0 Å². The maximum atomic E-state index is 11.8. The molecule has 0 heterocycles. The summed E-state index contributed by atoms with van der Waals surface area (Å²) >= 11 is 1.73. The summed E-state index contributed by atoms with van der Waals surface area (Å²) in [4.78, 5) is 11.8. The summed E-state index contributed by atoms with van der Waals surface area (Å²) in [6.45, 7) is 0. The molecule has 0 saturated heterocycles. The third kappa shape index (κ3) is 1.58. The first-order valence-electron chi connectivity index (χ1n) is 5.13. The first-order chi connectivity index (χ1) is 6.27. The highest BCUT2D eigenvalue weighted by Gasteiger charge is 2.44. The number of carbonyl (C=O) groups is 1. The minimum atomic E-state index is -0.0460. The van der Waals surface area contributed by atoms with Crippen molar-refractivity contribution in [2.24, 2.45) is 0 Å². The van der Waals surface area contributed by atoms with Crippen LogP contribution in [-0.2, 0) is 4.79 Å². The van der Waals surface area contributed by atoms with E-state index in [1.54, 1.807) is 11.8 Å². The number of hydrogen-bond acceptors (Lipinski definition) is 2. The Morgan fingerprint density at radius 2 is 2.08 bits per heavy atom. The van der Waals surface area contributed by atoms with E-state index in [0.29, 0.717) is 11.9 Å². The first-order valence-corrected chi connectivity index (χ1v) is 6.35. The average Bonchev–Trinajstić information content (AvgIpc) is 1.96. The van der Waals surface area contributed by atoms with Crippen LogP contribution in [0.2, 0.25) is 0 Å². The van der Waals surface area contributed by atoms with E-state index in [1.807, 2.05) is 0 Å². The van der Waals surface area contributed by atoms with Crippen molar-refractivity contribution in [3.8, 4) is 0 Å². The molecule has 0 radical (unpaired) electrons. The lowest BCUT2D eigenvalue weighted by Crippen LogP contribution is -2.53. The molecule has 0 aromatic heterocycles. The molecule has 2 rings (SSSR count). The van der Waals surface area contributed by atoms with Crippen LogP contribution in [-0.4, -0.2) is 23.0 Å². The van der Waals surface area contributed by atoms with Gasteiger partial charge in [-0.3, -0.25) is 4.79 Å². The van der Waals surface area contributed by atoms with Crippen LogP contribution in [0.15, 0.2) is 0 Å². The Hall–Kier alpha value is -0.180. The summed E-state index contributed by atoms with van der Waals surface area (Å²) in [6.07, 6.45) is 9.10. The lowest BCUT2D eigenvalue weighted by molar-refractivity contribution is -0.126. The van der Waals surface area contributed by atoms with Gasteiger partial charge in [-0.25, -0.2) is 0 Å². The van der Waals surface area contributed by atoms with E-state index in [2.05, 4.69) is 11.6 Å². The van der Waals surface area contributed by atoms with Gasteiger partial charge in [0.25, 0.3) is 0 Å². The second-order valence-corrected chi connectivity index (χ2v) is 5.34. The zero-order chi connectivity index (χ0) is 9.31. The van der Waals surface area contributed by atoms with Gasteiger partial charge in [0.1, 0.15) is 0 Å². The van der Waals surface area contributed by atoms with Gasteiger partial charge in [0.2, 0.25) is 5.91 Å². The van der Waals surface area contributed by atoms with Crippen molar-refractivity contribution in [1.29, 1.82) is 0 Å². The molecule has 1 N–H and O–H groups in total. The number of rotatable bonds is 3. The highest BCUT2D eigenvalue weighted by molar-refractivity contribution is 8.00. The summed E-state index contributed by atoms with van der Waals surface area (Å²) in [5.74, 6) is 0.302. The van der Waals surface area contributed by atoms with Gasteiger partial charge in [-0.15, -0.1) is 11.8 Å². The second-order valence-electron chi connectivity index (χ2n) is 4.15. The highest BCUT2D eigenvalue weighted by Crippen LogP contribution is 2.43. The number of hydrogen-bond donors (Lipinski definition) is 1. The fourth-order valence-corrected chi connectivity index (χ4v) is 2.83. The lowest BCUT2D eigenvalue weighted by Gasteiger charge is -2.40. The van der Waals surface area contributed by atoms with Gasteiger partial charge in [0.15, 0.2) is 0 Å². The molecule has 0 unspecified atom stereocenters. The van der Waals surface area contributed by atoms with E-state index in [1.165, 1.54) is 25.7 Å². The molecule has 0 bridgehead atoms. The molecule has 0 aromatic carbocycles. The number of thioether (sulfide) groups is 1. The Morgan fingerprint density at radius 1 is 1.38 bits per heavy atom.